The molecule has 0 aliphatic rings. The molecule has 0 saturated heterocycles. The van der Waals surface area contributed by atoms with Crippen LogP contribution >= 0.6 is 0 Å². The fourth-order valence-electron chi connectivity index (χ4n) is 1.92. The van der Waals surface area contributed by atoms with Crippen LogP contribution in [0, 0.1) is 0 Å². The first-order valence-electron chi connectivity index (χ1n) is 5.41. The molecule has 0 atom stereocenters. The summed E-state index contributed by atoms with van der Waals surface area (Å²) >= 11 is 0. The van der Waals surface area contributed by atoms with Gasteiger partial charge in [-0.15, -0.1) is 0 Å². The van der Waals surface area contributed by atoms with Gasteiger partial charge in [-0.25, -0.2) is 4.98 Å². The zero-order chi connectivity index (χ0) is 11.7. The van der Waals surface area contributed by atoms with Crippen LogP contribution in [0.1, 0.15) is 0 Å². The van der Waals surface area contributed by atoms with Crippen LogP contribution in [0.3, 0.4) is 0 Å². The largest absolute Gasteiger partial charge is 0.383 e. The Hall–Kier alpha value is -2.42. The Balaban J connectivity index is 2.35. The Bertz CT molecular complexity index is 663. The first-order chi connectivity index (χ1) is 8.36. The Morgan fingerprint density at radius 1 is 0.882 bits per heavy atom. The van der Waals surface area contributed by atoms with Gasteiger partial charge in [0.15, 0.2) is 0 Å². The van der Waals surface area contributed by atoms with Crippen molar-refractivity contribution < 1.29 is 0 Å². The minimum absolute atomic E-state index is 0.521. The summed E-state index contributed by atoms with van der Waals surface area (Å²) in [6.45, 7) is 0. The van der Waals surface area contributed by atoms with Crippen molar-refractivity contribution in [3.05, 3.63) is 54.9 Å². The monoisotopic (exact) mass is 221 g/mol. The van der Waals surface area contributed by atoms with E-state index in [1.165, 1.54) is 0 Å². The van der Waals surface area contributed by atoms with Crippen molar-refractivity contribution in [3.63, 3.8) is 0 Å². The number of hydrogen-bond donors (Lipinski definition) is 1. The van der Waals surface area contributed by atoms with Gasteiger partial charge in [-0.3, -0.25) is 4.98 Å². The summed E-state index contributed by atoms with van der Waals surface area (Å²) in [5.74, 6) is 0.521. The van der Waals surface area contributed by atoms with Crippen molar-refractivity contribution >= 4 is 16.7 Å². The van der Waals surface area contributed by atoms with Crippen LogP contribution in [0.15, 0.2) is 54.9 Å². The van der Waals surface area contributed by atoms with Crippen LogP contribution < -0.4 is 5.73 Å². The zero-order valence-electron chi connectivity index (χ0n) is 9.17. The van der Waals surface area contributed by atoms with E-state index in [0.717, 1.165) is 22.0 Å². The van der Waals surface area contributed by atoms with E-state index in [1.807, 2.05) is 42.5 Å². The molecule has 0 amide bonds. The van der Waals surface area contributed by atoms with Gasteiger partial charge in [0.25, 0.3) is 0 Å². The van der Waals surface area contributed by atoms with Gasteiger partial charge in [0, 0.05) is 23.3 Å². The summed E-state index contributed by atoms with van der Waals surface area (Å²) in [5, 5.41) is 0.897. The van der Waals surface area contributed by atoms with E-state index in [0.29, 0.717) is 5.82 Å². The minimum Gasteiger partial charge on any atom is -0.383 e. The summed E-state index contributed by atoms with van der Waals surface area (Å²) in [5.41, 5.74) is 8.86. The second kappa shape index (κ2) is 3.87. The molecule has 3 rings (SSSR count). The van der Waals surface area contributed by atoms with Crippen LogP contribution in [0.4, 0.5) is 5.82 Å². The van der Waals surface area contributed by atoms with Crippen molar-refractivity contribution in [2.24, 2.45) is 0 Å². The van der Waals surface area contributed by atoms with Gasteiger partial charge in [0.05, 0.1) is 5.52 Å². The molecule has 17 heavy (non-hydrogen) atoms. The Labute approximate surface area is 98.9 Å². The third kappa shape index (κ3) is 1.61. The summed E-state index contributed by atoms with van der Waals surface area (Å²) in [6, 6.07) is 13.9. The number of hydrogen-bond acceptors (Lipinski definition) is 3. The lowest BCUT2D eigenvalue weighted by molar-refractivity contribution is 1.33. The molecule has 2 heterocycles. The van der Waals surface area contributed by atoms with E-state index in [-0.39, 0.29) is 0 Å². The molecular formula is C14H11N3. The first kappa shape index (κ1) is 9.78. The minimum atomic E-state index is 0.521. The fraction of sp³-hybridized carbons (Fsp3) is 0. The van der Waals surface area contributed by atoms with Crippen LogP contribution in [0.2, 0.25) is 0 Å². The number of aromatic nitrogens is 2. The quantitative estimate of drug-likeness (QED) is 0.687. The summed E-state index contributed by atoms with van der Waals surface area (Å²) < 4.78 is 0. The molecule has 3 heteroatoms. The van der Waals surface area contributed by atoms with Crippen molar-refractivity contribution in [1.82, 2.24) is 9.97 Å². The van der Waals surface area contributed by atoms with Gasteiger partial charge in [-0.05, 0) is 17.7 Å². The lowest BCUT2D eigenvalue weighted by Gasteiger charge is -2.06. The van der Waals surface area contributed by atoms with Crippen LogP contribution in [-0.2, 0) is 0 Å². The third-order valence-corrected chi connectivity index (χ3v) is 2.76. The van der Waals surface area contributed by atoms with Crippen LogP contribution in [0.25, 0.3) is 22.0 Å². The smallest absolute Gasteiger partial charge is 0.132 e. The lowest BCUT2D eigenvalue weighted by Crippen LogP contribution is -1.94. The highest BCUT2D eigenvalue weighted by molar-refractivity contribution is 5.98. The summed E-state index contributed by atoms with van der Waals surface area (Å²) in [6.07, 6.45) is 3.55. The number of nitrogen functional groups attached to an aromatic ring is 1. The van der Waals surface area contributed by atoms with E-state index in [9.17, 15) is 0 Å². The molecule has 2 aromatic heterocycles. The molecule has 0 radical (unpaired) electrons. The van der Waals surface area contributed by atoms with Crippen LogP contribution in [0.5, 0.6) is 0 Å². The topological polar surface area (TPSA) is 51.8 Å². The molecule has 0 aliphatic heterocycles. The van der Waals surface area contributed by atoms with Gasteiger partial charge in [0.1, 0.15) is 5.82 Å². The summed E-state index contributed by atoms with van der Waals surface area (Å²) in [4.78, 5) is 8.62. The molecule has 3 nitrogen and oxygen atoms in total. The molecule has 0 fully saturated rings. The molecule has 0 bridgehead atoms. The van der Waals surface area contributed by atoms with Gasteiger partial charge >= 0.3 is 0 Å². The maximum absolute atomic E-state index is 5.85. The second-order valence-electron chi connectivity index (χ2n) is 3.82. The van der Waals surface area contributed by atoms with E-state index in [1.54, 1.807) is 12.4 Å². The standard InChI is InChI=1S/C14H11N3/c15-14-11-7-4-8-16-13(11)12(9-17-14)10-5-2-1-3-6-10/h1-9H,(H2,15,17). The molecular weight excluding hydrogens is 210 g/mol. The van der Waals surface area contributed by atoms with Gasteiger partial charge in [-0.2, -0.15) is 0 Å². The third-order valence-electron chi connectivity index (χ3n) is 2.76. The number of anilines is 1. The van der Waals surface area contributed by atoms with Crippen LogP contribution in [-0.4, -0.2) is 9.97 Å². The average molecular weight is 221 g/mol. The van der Waals surface area contributed by atoms with Gasteiger partial charge in [-0.1, -0.05) is 30.3 Å². The van der Waals surface area contributed by atoms with E-state index < -0.39 is 0 Å². The highest BCUT2D eigenvalue weighted by atomic mass is 14.8. The fourth-order valence-corrected chi connectivity index (χ4v) is 1.92. The summed E-state index contributed by atoms with van der Waals surface area (Å²) in [7, 11) is 0. The van der Waals surface area contributed by atoms with E-state index >= 15 is 0 Å². The maximum Gasteiger partial charge on any atom is 0.132 e. The number of nitrogens with zero attached hydrogens (tertiary/aromatic N) is 2. The molecule has 0 saturated carbocycles. The van der Waals surface area contributed by atoms with Crippen molar-refractivity contribution in [2.45, 2.75) is 0 Å². The normalized spacial score (nSPS) is 10.6. The molecule has 0 unspecified atom stereocenters. The number of fused-ring (bicyclic) bond motifs is 1. The molecule has 0 spiro atoms. The number of pyridine rings is 2. The number of nitrogens with two attached hydrogens (primary N) is 1. The van der Waals surface area contributed by atoms with E-state index in [2.05, 4.69) is 9.97 Å². The molecule has 82 valence electrons. The maximum atomic E-state index is 5.85. The molecule has 0 aliphatic carbocycles. The Morgan fingerprint density at radius 3 is 2.53 bits per heavy atom. The number of rotatable bonds is 1. The van der Waals surface area contributed by atoms with Gasteiger partial charge in [0.2, 0.25) is 0 Å². The lowest BCUT2D eigenvalue weighted by atomic mass is 10.0. The average Bonchev–Trinajstić information content (AvgIpc) is 2.41. The van der Waals surface area contributed by atoms with Crippen molar-refractivity contribution in [2.75, 3.05) is 5.73 Å². The second-order valence-corrected chi connectivity index (χ2v) is 3.82. The van der Waals surface area contributed by atoms with Crippen molar-refractivity contribution in [1.29, 1.82) is 0 Å². The highest BCUT2D eigenvalue weighted by Gasteiger charge is 2.07. The highest BCUT2D eigenvalue weighted by Crippen LogP contribution is 2.28. The Morgan fingerprint density at radius 2 is 1.71 bits per heavy atom. The molecule has 2 N–H and O–H groups in total. The van der Waals surface area contributed by atoms with Gasteiger partial charge < -0.3 is 5.73 Å². The van der Waals surface area contributed by atoms with E-state index in [4.69, 9.17) is 5.73 Å². The first-order valence-corrected chi connectivity index (χ1v) is 5.41. The number of benzene rings is 1. The predicted molar refractivity (Wildman–Crippen MR) is 69.4 cm³/mol. The Kier molecular flexibility index (Phi) is 2.22. The van der Waals surface area contributed by atoms with Crippen molar-refractivity contribution in [3.8, 4) is 11.1 Å². The zero-order valence-corrected chi connectivity index (χ0v) is 9.17. The SMILES string of the molecule is Nc1ncc(-c2ccccc2)c2ncccc12. The molecule has 1 aromatic carbocycles. The predicted octanol–water partition coefficient (Wildman–Crippen LogP) is 2.88. The molecule has 3 aromatic rings.